The summed E-state index contributed by atoms with van der Waals surface area (Å²) in [4.78, 5) is 4.48. The van der Waals surface area contributed by atoms with Gasteiger partial charge in [0.1, 0.15) is 24.5 Å². The summed E-state index contributed by atoms with van der Waals surface area (Å²) in [7, 11) is 1.68. The first kappa shape index (κ1) is 23.6. The summed E-state index contributed by atoms with van der Waals surface area (Å²) in [5.74, 6) is 1.61. The van der Waals surface area contributed by atoms with Gasteiger partial charge in [-0.1, -0.05) is 18.2 Å². The molecule has 3 aliphatic rings. The summed E-state index contributed by atoms with van der Waals surface area (Å²) >= 11 is 0. The number of methoxy groups -OCH3 is 1. The van der Waals surface area contributed by atoms with Crippen molar-refractivity contribution in [2.75, 3.05) is 7.11 Å². The largest absolute Gasteiger partial charge is 0.497 e. The predicted octanol–water partition coefficient (Wildman–Crippen LogP) is 5.44. The molecule has 35 heavy (non-hydrogen) atoms. The number of aromatic nitrogens is 1. The first-order chi connectivity index (χ1) is 17.1. The van der Waals surface area contributed by atoms with Crippen molar-refractivity contribution in [1.82, 2.24) is 10.3 Å². The van der Waals surface area contributed by atoms with Crippen LogP contribution in [0.1, 0.15) is 50.5 Å². The van der Waals surface area contributed by atoms with E-state index in [1.54, 1.807) is 25.9 Å². The van der Waals surface area contributed by atoms with E-state index in [0.29, 0.717) is 6.04 Å². The molecular formula is C29H34N2O4. The number of aliphatic hydroxyl groups is 1. The summed E-state index contributed by atoms with van der Waals surface area (Å²) in [6, 6.07) is 8.32. The second kappa shape index (κ2) is 10.7. The van der Waals surface area contributed by atoms with Crippen LogP contribution in [0.3, 0.4) is 0 Å². The van der Waals surface area contributed by atoms with E-state index in [2.05, 4.69) is 34.6 Å². The molecule has 1 aromatic carbocycles. The molecule has 6 heteroatoms. The molecule has 2 aromatic rings. The average molecular weight is 475 g/mol. The number of hydrogen-bond donors (Lipinski definition) is 2. The maximum atomic E-state index is 11.4. The Morgan fingerprint density at radius 1 is 1.23 bits per heavy atom. The maximum absolute atomic E-state index is 11.4. The topological polar surface area (TPSA) is 72.8 Å². The van der Waals surface area contributed by atoms with Crippen LogP contribution in [0.5, 0.6) is 5.75 Å². The van der Waals surface area contributed by atoms with Crippen LogP contribution in [0.2, 0.25) is 0 Å². The minimum Gasteiger partial charge on any atom is -0.497 e. The number of ether oxygens (including phenoxy) is 3. The van der Waals surface area contributed by atoms with E-state index in [0.717, 1.165) is 73.8 Å². The highest BCUT2D eigenvalue weighted by atomic mass is 16.5. The fourth-order valence-corrected chi connectivity index (χ4v) is 5.34. The number of aryl methyl sites for hydroxylation is 1. The highest BCUT2D eigenvalue weighted by Crippen LogP contribution is 2.35. The Hall–Kier alpha value is -3.09. The smallest absolute Gasteiger partial charge is 0.159 e. The monoisotopic (exact) mass is 474 g/mol. The van der Waals surface area contributed by atoms with E-state index in [1.165, 1.54) is 11.1 Å². The van der Waals surface area contributed by atoms with Crippen LogP contribution in [0.4, 0.5) is 0 Å². The van der Waals surface area contributed by atoms with Crippen molar-refractivity contribution in [2.24, 2.45) is 0 Å². The minimum atomic E-state index is -0.651. The van der Waals surface area contributed by atoms with Gasteiger partial charge in [-0.05, 0) is 86.8 Å². The van der Waals surface area contributed by atoms with Crippen molar-refractivity contribution in [2.45, 2.75) is 69.1 Å². The van der Waals surface area contributed by atoms with E-state index in [-0.39, 0.29) is 6.04 Å². The van der Waals surface area contributed by atoms with Crippen molar-refractivity contribution in [3.8, 4) is 5.75 Å². The Morgan fingerprint density at radius 3 is 2.86 bits per heavy atom. The summed E-state index contributed by atoms with van der Waals surface area (Å²) in [6.45, 7) is 0. The Balaban J connectivity index is 1.21. The Bertz CT molecular complexity index is 1160. The maximum Gasteiger partial charge on any atom is 0.159 e. The van der Waals surface area contributed by atoms with Crippen LogP contribution in [-0.2, 0) is 15.9 Å². The summed E-state index contributed by atoms with van der Waals surface area (Å²) < 4.78 is 16.6. The zero-order valence-electron chi connectivity index (χ0n) is 20.3. The van der Waals surface area contributed by atoms with Gasteiger partial charge in [0.25, 0.3) is 0 Å². The number of rotatable bonds is 8. The number of pyridine rings is 1. The van der Waals surface area contributed by atoms with E-state index in [1.807, 2.05) is 24.4 Å². The highest BCUT2D eigenvalue weighted by molar-refractivity contribution is 5.83. The van der Waals surface area contributed by atoms with E-state index >= 15 is 0 Å². The van der Waals surface area contributed by atoms with Crippen LogP contribution in [0.15, 0.2) is 78.8 Å². The van der Waals surface area contributed by atoms with Crippen LogP contribution < -0.4 is 10.1 Å². The van der Waals surface area contributed by atoms with Crippen molar-refractivity contribution in [3.63, 3.8) is 0 Å². The number of hydrogen-bond acceptors (Lipinski definition) is 6. The van der Waals surface area contributed by atoms with Crippen LogP contribution >= 0.6 is 0 Å². The van der Waals surface area contributed by atoms with Gasteiger partial charge in [-0.2, -0.15) is 0 Å². The molecule has 0 saturated heterocycles. The molecule has 5 rings (SSSR count). The average Bonchev–Trinajstić information content (AvgIpc) is 2.92. The summed E-state index contributed by atoms with van der Waals surface area (Å²) in [5.41, 5.74) is 2.81. The predicted molar refractivity (Wildman–Crippen MR) is 137 cm³/mol. The Labute approximate surface area is 207 Å². The number of fused-ring (bicyclic) bond motifs is 1. The van der Waals surface area contributed by atoms with Gasteiger partial charge in [-0.3, -0.25) is 4.98 Å². The van der Waals surface area contributed by atoms with E-state index in [4.69, 9.17) is 14.2 Å². The lowest BCUT2D eigenvalue weighted by Crippen LogP contribution is -2.46. The van der Waals surface area contributed by atoms with Gasteiger partial charge in [0, 0.05) is 17.6 Å². The van der Waals surface area contributed by atoms with Crippen LogP contribution in [0, 0.1) is 0 Å². The molecule has 2 N–H and O–H groups in total. The second-order valence-electron chi connectivity index (χ2n) is 9.71. The zero-order chi connectivity index (χ0) is 24.1. The molecule has 1 unspecified atom stereocenters. The van der Waals surface area contributed by atoms with Gasteiger partial charge >= 0.3 is 0 Å². The van der Waals surface area contributed by atoms with Gasteiger partial charge in [0.15, 0.2) is 5.76 Å². The first-order valence-corrected chi connectivity index (χ1v) is 12.6. The highest BCUT2D eigenvalue weighted by Gasteiger charge is 2.35. The molecule has 1 fully saturated rings. The number of nitrogens with zero attached hydrogens (tertiary/aromatic N) is 1. The molecule has 0 bridgehead atoms. The van der Waals surface area contributed by atoms with Crippen molar-refractivity contribution >= 4 is 10.9 Å². The lowest BCUT2D eigenvalue weighted by atomic mass is 9.78. The van der Waals surface area contributed by atoms with Crippen LogP contribution in [-0.4, -0.2) is 34.9 Å². The molecule has 1 saturated carbocycles. The molecule has 0 amide bonds. The lowest BCUT2D eigenvalue weighted by molar-refractivity contribution is -0.0114. The quantitative estimate of drug-likeness (QED) is 0.531. The third kappa shape index (κ3) is 5.60. The number of benzene rings is 1. The molecule has 1 aliphatic heterocycles. The van der Waals surface area contributed by atoms with Crippen molar-refractivity contribution < 1.29 is 19.3 Å². The van der Waals surface area contributed by atoms with Crippen LogP contribution in [0.25, 0.3) is 10.9 Å². The number of nitrogens with one attached hydrogen (secondary N) is 1. The lowest BCUT2D eigenvalue weighted by Gasteiger charge is -2.38. The standard InChI is InChI=1S/C29H34N2O4/c1-33-24-7-8-26-25(19-24)21(12-16-30-26)9-13-29(32)14-10-23(11-15-29)31-28(22-5-3-2-4-6-22)27-20-34-17-18-35-27/h2-3,5,7-8,12,16-20,23,28,31-32H,4,6,9-11,13-15H2,1H3. The molecule has 184 valence electrons. The van der Waals surface area contributed by atoms with E-state index < -0.39 is 5.60 Å². The fraction of sp³-hybridized carbons (Fsp3) is 0.414. The molecule has 2 heterocycles. The fourth-order valence-electron chi connectivity index (χ4n) is 5.34. The summed E-state index contributed by atoms with van der Waals surface area (Å²) in [6.07, 6.45) is 20.1. The minimum absolute atomic E-state index is 0.0146. The van der Waals surface area contributed by atoms with Gasteiger partial charge in [-0.15, -0.1) is 0 Å². The molecule has 6 nitrogen and oxygen atoms in total. The Kier molecular flexibility index (Phi) is 7.21. The van der Waals surface area contributed by atoms with Gasteiger partial charge in [-0.25, -0.2) is 0 Å². The second-order valence-corrected chi connectivity index (χ2v) is 9.71. The zero-order valence-corrected chi connectivity index (χ0v) is 20.3. The molecule has 0 spiro atoms. The normalized spacial score (nSPS) is 24.8. The van der Waals surface area contributed by atoms with Gasteiger partial charge in [0.2, 0.25) is 0 Å². The summed E-state index contributed by atoms with van der Waals surface area (Å²) in [5, 5.41) is 16.3. The molecule has 2 aliphatic carbocycles. The third-order valence-corrected chi connectivity index (χ3v) is 7.44. The third-order valence-electron chi connectivity index (χ3n) is 7.44. The van der Waals surface area contributed by atoms with E-state index in [9.17, 15) is 5.11 Å². The first-order valence-electron chi connectivity index (χ1n) is 12.6. The van der Waals surface area contributed by atoms with Gasteiger partial charge < -0.3 is 24.6 Å². The van der Waals surface area contributed by atoms with Gasteiger partial charge in [0.05, 0.1) is 24.3 Å². The SMILES string of the molecule is COc1ccc2nccc(CCC3(O)CCC(NC(C4=CC=CCC4)C4=COC=CO4)CC3)c2c1. The molecule has 1 aromatic heterocycles. The van der Waals surface area contributed by atoms with Crippen molar-refractivity contribution in [1.29, 1.82) is 0 Å². The molecular weight excluding hydrogens is 440 g/mol. The van der Waals surface area contributed by atoms with Crippen molar-refractivity contribution in [3.05, 3.63) is 84.4 Å². The Morgan fingerprint density at radius 2 is 2.11 bits per heavy atom. The number of allylic oxidation sites excluding steroid dienone is 3. The molecule has 1 atom stereocenters. The molecule has 0 radical (unpaired) electrons.